The maximum absolute atomic E-state index is 11.6. The van der Waals surface area contributed by atoms with Crippen LogP contribution in [0, 0.1) is 0 Å². The lowest BCUT2D eigenvalue weighted by atomic mass is 10.1. The van der Waals surface area contributed by atoms with Crippen LogP contribution < -0.4 is 9.47 Å². The van der Waals surface area contributed by atoms with Crippen LogP contribution in [0.3, 0.4) is 0 Å². The molecule has 92 valence electrons. The highest BCUT2D eigenvalue weighted by Gasteiger charge is 2.22. The molecule has 0 radical (unpaired) electrons. The second-order valence-electron chi connectivity index (χ2n) is 3.96. The molecule has 2 rings (SSSR count). The van der Waals surface area contributed by atoms with Crippen LogP contribution in [0.15, 0.2) is 17.0 Å². The van der Waals surface area contributed by atoms with Crippen molar-refractivity contribution < 1.29 is 22.7 Å². The smallest absolute Gasteiger partial charge is 0.231 e. The van der Waals surface area contributed by atoms with Crippen molar-refractivity contribution in [2.24, 2.45) is 0 Å². The molecule has 0 saturated carbocycles. The van der Waals surface area contributed by atoms with Gasteiger partial charge in [0.15, 0.2) is 21.3 Å². The van der Waals surface area contributed by atoms with E-state index in [1.54, 1.807) is 6.07 Å². The van der Waals surface area contributed by atoms with E-state index >= 15 is 0 Å². The lowest BCUT2D eigenvalue weighted by Gasteiger charge is -2.08. The third kappa shape index (κ3) is 2.41. The molecule has 17 heavy (non-hydrogen) atoms. The van der Waals surface area contributed by atoms with E-state index in [9.17, 15) is 13.2 Å². The molecule has 6 heteroatoms. The number of sulfone groups is 1. The van der Waals surface area contributed by atoms with Crippen LogP contribution in [0.4, 0.5) is 0 Å². The molecule has 1 aliphatic rings. The van der Waals surface area contributed by atoms with Crippen LogP contribution in [-0.2, 0) is 21.1 Å². The maximum Gasteiger partial charge on any atom is 0.231 e. The first kappa shape index (κ1) is 11.9. The van der Waals surface area contributed by atoms with Gasteiger partial charge in [0.2, 0.25) is 6.79 Å². The first-order chi connectivity index (χ1) is 7.88. The SMILES string of the molecule is CC(=O)Cc1cc2c(cc1S(C)(=O)=O)OCO2. The van der Waals surface area contributed by atoms with Gasteiger partial charge in [-0.25, -0.2) is 8.42 Å². The second-order valence-corrected chi connectivity index (χ2v) is 5.95. The summed E-state index contributed by atoms with van der Waals surface area (Å²) in [6, 6.07) is 2.97. The van der Waals surface area contributed by atoms with Gasteiger partial charge in [0, 0.05) is 18.7 Å². The van der Waals surface area contributed by atoms with E-state index in [4.69, 9.17) is 9.47 Å². The Balaban J connectivity index is 2.59. The van der Waals surface area contributed by atoms with E-state index in [-0.39, 0.29) is 23.9 Å². The number of ether oxygens (including phenoxy) is 2. The zero-order valence-electron chi connectivity index (χ0n) is 9.52. The molecule has 0 unspecified atom stereocenters. The molecule has 0 aliphatic carbocycles. The van der Waals surface area contributed by atoms with Gasteiger partial charge in [-0.1, -0.05) is 0 Å². The third-order valence-corrected chi connectivity index (χ3v) is 3.57. The predicted octanol–water partition coefficient (Wildman–Crippen LogP) is 0.950. The Labute approximate surface area is 99.3 Å². The minimum absolute atomic E-state index is 0.0685. The zero-order chi connectivity index (χ0) is 12.6. The number of Topliss-reactive ketones (excluding diaryl/α,β-unsaturated/α-hetero) is 1. The van der Waals surface area contributed by atoms with Crippen molar-refractivity contribution in [3.8, 4) is 11.5 Å². The number of ketones is 1. The minimum atomic E-state index is -3.39. The summed E-state index contributed by atoms with van der Waals surface area (Å²) in [7, 11) is -3.39. The summed E-state index contributed by atoms with van der Waals surface area (Å²) in [4.78, 5) is 11.2. The Morgan fingerprint density at radius 3 is 2.41 bits per heavy atom. The minimum Gasteiger partial charge on any atom is -0.454 e. The summed E-state index contributed by atoms with van der Waals surface area (Å²) < 4.78 is 33.5. The number of rotatable bonds is 3. The van der Waals surface area contributed by atoms with Crippen LogP contribution in [0.5, 0.6) is 11.5 Å². The molecule has 1 aliphatic heterocycles. The van der Waals surface area contributed by atoms with Gasteiger partial charge >= 0.3 is 0 Å². The third-order valence-electron chi connectivity index (χ3n) is 2.39. The quantitative estimate of drug-likeness (QED) is 0.805. The summed E-state index contributed by atoms with van der Waals surface area (Å²) in [6.07, 6.45) is 1.17. The second kappa shape index (κ2) is 4.03. The molecule has 0 amide bonds. The highest BCUT2D eigenvalue weighted by Crippen LogP contribution is 2.36. The van der Waals surface area contributed by atoms with Crippen LogP contribution in [0.25, 0.3) is 0 Å². The Kier molecular flexibility index (Phi) is 2.82. The fourth-order valence-electron chi connectivity index (χ4n) is 1.72. The van der Waals surface area contributed by atoms with Gasteiger partial charge in [0.05, 0.1) is 4.90 Å². The molecule has 0 atom stereocenters. The largest absolute Gasteiger partial charge is 0.454 e. The average molecular weight is 256 g/mol. The van der Waals surface area contributed by atoms with Gasteiger partial charge in [-0.3, -0.25) is 4.79 Å². The van der Waals surface area contributed by atoms with Gasteiger partial charge in [0.1, 0.15) is 5.78 Å². The number of hydrogen-bond donors (Lipinski definition) is 0. The molecule has 5 nitrogen and oxygen atoms in total. The van der Waals surface area contributed by atoms with Crippen molar-refractivity contribution >= 4 is 15.6 Å². The number of hydrogen-bond acceptors (Lipinski definition) is 5. The highest BCUT2D eigenvalue weighted by atomic mass is 32.2. The monoisotopic (exact) mass is 256 g/mol. The topological polar surface area (TPSA) is 69.7 Å². The predicted molar refractivity (Wildman–Crippen MR) is 60.1 cm³/mol. The highest BCUT2D eigenvalue weighted by molar-refractivity contribution is 7.90. The summed E-state index contributed by atoms with van der Waals surface area (Å²) in [5.74, 6) is 0.778. The van der Waals surface area contributed by atoms with Crippen molar-refractivity contribution in [2.75, 3.05) is 13.0 Å². The van der Waals surface area contributed by atoms with Crippen LogP contribution in [0.1, 0.15) is 12.5 Å². The van der Waals surface area contributed by atoms with Crippen molar-refractivity contribution in [3.05, 3.63) is 17.7 Å². The average Bonchev–Trinajstić information content (AvgIpc) is 2.60. The first-order valence-corrected chi connectivity index (χ1v) is 6.89. The standard InChI is InChI=1S/C11H12O5S/c1-7(12)3-8-4-9-10(16-6-15-9)5-11(8)17(2,13)14/h4-5H,3,6H2,1-2H3. The van der Waals surface area contributed by atoms with Crippen LogP contribution in [-0.4, -0.2) is 27.2 Å². The summed E-state index contributed by atoms with van der Waals surface area (Å²) in [5.41, 5.74) is 0.448. The summed E-state index contributed by atoms with van der Waals surface area (Å²) >= 11 is 0. The van der Waals surface area contributed by atoms with E-state index < -0.39 is 9.84 Å². The Morgan fingerprint density at radius 2 is 1.88 bits per heavy atom. The van der Waals surface area contributed by atoms with Gasteiger partial charge in [-0.15, -0.1) is 0 Å². The molecular weight excluding hydrogens is 244 g/mol. The van der Waals surface area contributed by atoms with Gasteiger partial charge < -0.3 is 9.47 Å². The van der Waals surface area contributed by atoms with E-state index in [2.05, 4.69) is 0 Å². The zero-order valence-corrected chi connectivity index (χ0v) is 10.3. The normalized spacial score (nSPS) is 13.8. The van der Waals surface area contributed by atoms with Crippen molar-refractivity contribution in [1.82, 2.24) is 0 Å². The molecule has 0 fully saturated rings. The first-order valence-electron chi connectivity index (χ1n) is 5.00. The molecule has 1 aromatic rings. The van der Waals surface area contributed by atoms with Crippen molar-refractivity contribution in [2.45, 2.75) is 18.2 Å². The van der Waals surface area contributed by atoms with Crippen LogP contribution >= 0.6 is 0 Å². The number of benzene rings is 1. The molecule has 0 saturated heterocycles. The number of carbonyl (C=O) groups is 1. The fraction of sp³-hybridized carbons (Fsp3) is 0.364. The summed E-state index contributed by atoms with van der Waals surface area (Å²) in [6.45, 7) is 1.48. The molecule has 1 heterocycles. The van der Waals surface area contributed by atoms with Gasteiger partial charge in [0.25, 0.3) is 0 Å². The van der Waals surface area contributed by atoms with E-state index in [0.717, 1.165) is 6.26 Å². The van der Waals surface area contributed by atoms with Gasteiger partial charge in [-0.2, -0.15) is 0 Å². The Bertz CT molecular complexity index is 574. The molecular formula is C11H12O5S. The van der Waals surface area contributed by atoms with E-state index in [1.807, 2.05) is 0 Å². The van der Waals surface area contributed by atoms with Crippen molar-refractivity contribution in [3.63, 3.8) is 0 Å². The Morgan fingerprint density at radius 1 is 1.29 bits per heavy atom. The molecule has 0 aromatic heterocycles. The van der Waals surface area contributed by atoms with E-state index in [0.29, 0.717) is 17.1 Å². The molecule has 0 spiro atoms. The van der Waals surface area contributed by atoms with Gasteiger partial charge in [-0.05, 0) is 18.6 Å². The summed E-state index contributed by atoms with van der Waals surface area (Å²) in [5, 5.41) is 0. The number of carbonyl (C=O) groups excluding carboxylic acids is 1. The molecule has 0 N–H and O–H groups in total. The number of fused-ring (bicyclic) bond motifs is 1. The van der Waals surface area contributed by atoms with Crippen LogP contribution in [0.2, 0.25) is 0 Å². The molecule has 0 bridgehead atoms. The Hall–Kier alpha value is -1.56. The van der Waals surface area contributed by atoms with E-state index in [1.165, 1.54) is 13.0 Å². The molecule has 1 aromatic carbocycles. The maximum atomic E-state index is 11.6. The van der Waals surface area contributed by atoms with Crippen molar-refractivity contribution in [1.29, 1.82) is 0 Å². The lowest BCUT2D eigenvalue weighted by Crippen LogP contribution is -2.06. The fourth-order valence-corrected chi connectivity index (χ4v) is 2.65. The lowest BCUT2D eigenvalue weighted by molar-refractivity contribution is -0.116.